The molecule has 0 atom stereocenters. The van der Waals surface area contributed by atoms with Gasteiger partial charge >= 0.3 is 0 Å². The second kappa shape index (κ2) is 11.2. The van der Waals surface area contributed by atoms with E-state index in [0.29, 0.717) is 0 Å². The minimum Gasteiger partial charge on any atom is -0.455 e. The standard InChI is InChI=1S/C46H29NOS/c1-3-11-30(12-4-1)32-19-22-34(23-20-32)47(35-24-25-38-37-16-9-10-18-44(37)49-45(38)28-35)42-29-41-40-27-33(31-13-5-2-6-14-31)21-26-43(40)48-46(41)39-17-8-7-15-36(39)42/h1-29H. The van der Waals surface area contributed by atoms with Crippen molar-refractivity contribution in [2.45, 2.75) is 0 Å². The molecular formula is C46H29NOS. The Hall–Kier alpha value is -6.16. The first kappa shape index (κ1) is 27.9. The average molecular weight is 644 g/mol. The largest absolute Gasteiger partial charge is 0.455 e. The van der Waals surface area contributed by atoms with Crippen molar-refractivity contribution in [1.82, 2.24) is 0 Å². The normalized spacial score (nSPS) is 11.7. The Morgan fingerprint density at radius 1 is 0.367 bits per heavy atom. The lowest BCUT2D eigenvalue weighted by atomic mass is 9.99. The number of furan rings is 1. The third-order valence-electron chi connectivity index (χ3n) is 9.66. The van der Waals surface area contributed by atoms with Crippen LogP contribution in [0.4, 0.5) is 17.1 Å². The molecule has 0 saturated carbocycles. The van der Waals surface area contributed by atoms with Gasteiger partial charge in [0.05, 0.1) is 5.69 Å². The second-order valence-corrected chi connectivity index (χ2v) is 13.6. The van der Waals surface area contributed by atoms with E-state index in [9.17, 15) is 0 Å². The molecule has 0 radical (unpaired) electrons. The van der Waals surface area contributed by atoms with E-state index < -0.39 is 0 Å². The lowest BCUT2D eigenvalue weighted by molar-refractivity contribution is 0.672. The summed E-state index contributed by atoms with van der Waals surface area (Å²) in [5.41, 5.74) is 9.91. The van der Waals surface area contributed by atoms with Gasteiger partial charge in [0.1, 0.15) is 11.2 Å². The van der Waals surface area contributed by atoms with Gasteiger partial charge in [-0.3, -0.25) is 0 Å². The fourth-order valence-electron chi connectivity index (χ4n) is 7.29. The molecule has 0 N–H and O–H groups in total. The molecule has 49 heavy (non-hydrogen) atoms. The van der Waals surface area contributed by atoms with E-state index in [1.54, 1.807) is 0 Å². The minimum absolute atomic E-state index is 0.891. The molecule has 3 heteroatoms. The number of thiophene rings is 1. The number of rotatable bonds is 5. The zero-order valence-electron chi connectivity index (χ0n) is 26.5. The highest BCUT2D eigenvalue weighted by molar-refractivity contribution is 7.25. The quantitative estimate of drug-likeness (QED) is 0.186. The molecule has 0 amide bonds. The van der Waals surface area contributed by atoms with Gasteiger partial charge in [0, 0.05) is 53.1 Å². The van der Waals surface area contributed by atoms with E-state index >= 15 is 0 Å². The predicted octanol–water partition coefficient (Wildman–Crippen LogP) is 13.9. The summed E-state index contributed by atoms with van der Waals surface area (Å²) in [5, 5.41) is 7.05. The van der Waals surface area contributed by atoms with Crippen LogP contribution >= 0.6 is 11.3 Å². The maximum absolute atomic E-state index is 6.64. The molecule has 10 rings (SSSR count). The van der Waals surface area contributed by atoms with Crippen LogP contribution in [0.15, 0.2) is 180 Å². The fourth-order valence-corrected chi connectivity index (χ4v) is 8.43. The third-order valence-corrected chi connectivity index (χ3v) is 10.8. The van der Waals surface area contributed by atoms with Crippen molar-refractivity contribution >= 4 is 81.3 Å². The maximum Gasteiger partial charge on any atom is 0.143 e. The molecule has 2 nitrogen and oxygen atoms in total. The van der Waals surface area contributed by atoms with Crippen LogP contribution in [0.5, 0.6) is 0 Å². The van der Waals surface area contributed by atoms with E-state index in [1.165, 1.54) is 42.4 Å². The van der Waals surface area contributed by atoms with E-state index in [1.807, 2.05) is 11.3 Å². The lowest BCUT2D eigenvalue weighted by Crippen LogP contribution is -2.10. The number of anilines is 3. The zero-order valence-corrected chi connectivity index (χ0v) is 27.3. The first-order valence-corrected chi connectivity index (χ1v) is 17.4. The van der Waals surface area contributed by atoms with Crippen LogP contribution in [-0.4, -0.2) is 0 Å². The van der Waals surface area contributed by atoms with Crippen LogP contribution in [0.25, 0.3) is 75.1 Å². The fraction of sp³-hybridized carbons (Fsp3) is 0. The number of hydrogen-bond donors (Lipinski definition) is 0. The van der Waals surface area contributed by atoms with E-state index in [0.717, 1.165) is 49.8 Å². The molecule has 0 aliphatic rings. The van der Waals surface area contributed by atoms with Crippen molar-refractivity contribution in [2.24, 2.45) is 0 Å². The van der Waals surface area contributed by atoms with Crippen molar-refractivity contribution in [1.29, 1.82) is 0 Å². The first-order chi connectivity index (χ1) is 24.3. The van der Waals surface area contributed by atoms with Crippen LogP contribution in [0.2, 0.25) is 0 Å². The molecule has 2 aromatic heterocycles. The molecule has 0 spiro atoms. The maximum atomic E-state index is 6.64. The highest BCUT2D eigenvalue weighted by Crippen LogP contribution is 2.46. The van der Waals surface area contributed by atoms with Crippen LogP contribution in [0.1, 0.15) is 0 Å². The number of nitrogens with zero attached hydrogens (tertiary/aromatic N) is 1. The van der Waals surface area contributed by atoms with Crippen LogP contribution in [-0.2, 0) is 0 Å². The Bertz CT molecular complexity index is 2810. The first-order valence-electron chi connectivity index (χ1n) is 16.6. The molecule has 0 fully saturated rings. The summed E-state index contributed by atoms with van der Waals surface area (Å²) in [6.45, 7) is 0. The van der Waals surface area contributed by atoms with Crippen molar-refractivity contribution in [2.75, 3.05) is 4.90 Å². The third kappa shape index (κ3) is 4.62. The van der Waals surface area contributed by atoms with Crippen LogP contribution < -0.4 is 4.90 Å². The van der Waals surface area contributed by atoms with Crippen molar-refractivity contribution in [3.63, 3.8) is 0 Å². The second-order valence-electron chi connectivity index (χ2n) is 12.5. The van der Waals surface area contributed by atoms with Gasteiger partial charge in [0.2, 0.25) is 0 Å². The predicted molar refractivity (Wildman–Crippen MR) is 210 cm³/mol. The van der Waals surface area contributed by atoms with Crippen molar-refractivity contribution < 1.29 is 4.42 Å². The Kier molecular flexibility index (Phi) is 6.39. The van der Waals surface area contributed by atoms with Crippen LogP contribution in [0.3, 0.4) is 0 Å². The molecule has 2 heterocycles. The molecular weight excluding hydrogens is 615 g/mol. The monoisotopic (exact) mass is 643 g/mol. The van der Waals surface area contributed by atoms with Gasteiger partial charge in [-0.05, 0) is 70.8 Å². The van der Waals surface area contributed by atoms with Gasteiger partial charge in [-0.25, -0.2) is 0 Å². The molecule has 10 aromatic rings. The molecule has 8 aromatic carbocycles. The zero-order chi connectivity index (χ0) is 32.3. The summed E-state index contributed by atoms with van der Waals surface area (Å²) in [4.78, 5) is 2.42. The number of benzene rings is 8. The summed E-state index contributed by atoms with van der Waals surface area (Å²) in [6, 6.07) is 63.2. The topological polar surface area (TPSA) is 16.4 Å². The van der Waals surface area contributed by atoms with Gasteiger partial charge < -0.3 is 9.32 Å². The smallest absolute Gasteiger partial charge is 0.143 e. The summed E-state index contributed by atoms with van der Waals surface area (Å²) in [6.07, 6.45) is 0. The molecule has 0 unspecified atom stereocenters. The van der Waals surface area contributed by atoms with E-state index in [-0.39, 0.29) is 0 Å². The van der Waals surface area contributed by atoms with Gasteiger partial charge in [-0.15, -0.1) is 11.3 Å². The minimum atomic E-state index is 0.891. The van der Waals surface area contributed by atoms with Crippen LogP contribution in [0, 0.1) is 0 Å². The number of fused-ring (bicyclic) bond motifs is 8. The Morgan fingerprint density at radius 3 is 1.73 bits per heavy atom. The summed E-state index contributed by atoms with van der Waals surface area (Å²) in [7, 11) is 0. The van der Waals surface area contributed by atoms with E-state index in [4.69, 9.17) is 4.42 Å². The SMILES string of the molecule is c1ccc(-c2ccc(N(c3ccc4c(c3)sc3ccccc34)c3cc4c5cc(-c6ccccc6)ccc5oc4c4ccccc34)cc2)cc1. The molecule has 0 bridgehead atoms. The number of hydrogen-bond acceptors (Lipinski definition) is 3. The van der Waals surface area contributed by atoms with Crippen molar-refractivity contribution in [3.05, 3.63) is 176 Å². The Labute approximate surface area is 287 Å². The van der Waals surface area contributed by atoms with E-state index in [2.05, 4.69) is 181 Å². The highest BCUT2D eigenvalue weighted by Gasteiger charge is 2.21. The molecule has 230 valence electrons. The lowest BCUT2D eigenvalue weighted by Gasteiger charge is -2.27. The summed E-state index contributed by atoms with van der Waals surface area (Å²) < 4.78 is 9.22. The van der Waals surface area contributed by atoms with Gasteiger partial charge in [-0.2, -0.15) is 0 Å². The molecule has 0 saturated heterocycles. The van der Waals surface area contributed by atoms with Gasteiger partial charge in [0.25, 0.3) is 0 Å². The average Bonchev–Trinajstić information content (AvgIpc) is 3.74. The summed E-state index contributed by atoms with van der Waals surface area (Å²) >= 11 is 1.85. The van der Waals surface area contributed by atoms with Gasteiger partial charge in [-0.1, -0.05) is 127 Å². The molecule has 0 aliphatic carbocycles. The van der Waals surface area contributed by atoms with Crippen molar-refractivity contribution in [3.8, 4) is 22.3 Å². The Balaban J connectivity index is 1.24. The highest BCUT2D eigenvalue weighted by atomic mass is 32.1. The van der Waals surface area contributed by atoms with Gasteiger partial charge in [0.15, 0.2) is 0 Å². The summed E-state index contributed by atoms with van der Waals surface area (Å²) in [5.74, 6) is 0. The molecule has 0 aliphatic heterocycles. The Morgan fingerprint density at radius 2 is 0.959 bits per heavy atom.